The predicted octanol–water partition coefficient (Wildman–Crippen LogP) is 4.16. The number of pyridine rings is 1. The molecule has 0 atom stereocenters. The summed E-state index contributed by atoms with van der Waals surface area (Å²) in [5.41, 5.74) is 6.99. The standard InChI is InChI=1S/C27H27N5O3/c1-32(2)13-14-35-21-8-3-17(4-9-21)27-29-25(26(30-27)20-7-12-24(33)28-16-20)19-5-10-22-18(15-19)6-11-23(22)31-34/h3-5,7-10,12,15-16,34H,6,11,13-14H2,1-2H3,(H,28,33)(H,29,30). The summed E-state index contributed by atoms with van der Waals surface area (Å²) in [6.45, 7) is 1.47. The zero-order valence-corrected chi connectivity index (χ0v) is 19.7. The van der Waals surface area contributed by atoms with Gasteiger partial charge in [0.15, 0.2) is 0 Å². The number of oxime groups is 1. The van der Waals surface area contributed by atoms with Crippen LogP contribution >= 0.6 is 0 Å². The van der Waals surface area contributed by atoms with E-state index < -0.39 is 0 Å². The highest BCUT2D eigenvalue weighted by molar-refractivity contribution is 6.04. The van der Waals surface area contributed by atoms with Crippen molar-refractivity contribution in [3.63, 3.8) is 0 Å². The minimum absolute atomic E-state index is 0.163. The quantitative estimate of drug-likeness (QED) is 0.278. The van der Waals surface area contributed by atoms with Crippen LogP contribution in [-0.4, -0.2) is 58.0 Å². The van der Waals surface area contributed by atoms with Crippen molar-refractivity contribution in [2.24, 2.45) is 5.16 Å². The van der Waals surface area contributed by atoms with E-state index in [1.165, 1.54) is 6.07 Å². The highest BCUT2D eigenvalue weighted by Gasteiger charge is 2.21. The SMILES string of the molecule is CN(C)CCOc1ccc(-c2nc(-c3ccc(=O)[nH]c3)c(-c3ccc4c(c3)CCC4=NO)[nH]2)cc1. The summed E-state index contributed by atoms with van der Waals surface area (Å²) in [6.07, 6.45) is 3.23. The largest absolute Gasteiger partial charge is 0.492 e. The van der Waals surface area contributed by atoms with Crippen molar-refractivity contribution in [2.75, 3.05) is 27.2 Å². The maximum absolute atomic E-state index is 11.6. The molecule has 35 heavy (non-hydrogen) atoms. The molecule has 3 N–H and O–H groups in total. The lowest BCUT2D eigenvalue weighted by Crippen LogP contribution is -2.19. The van der Waals surface area contributed by atoms with Gasteiger partial charge in [0.2, 0.25) is 5.56 Å². The normalized spacial score (nSPS) is 14.0. The number of ether oxygens (including phenoxy) is 1. The number of imidazole rings is 1. The van der Waals surface area contributed by atoms with Crippen LogP contribution in [0.25, 0.3) is 33.9 Å². The minimum Gasteiger partial charge on any atom is -0.492 e. The number of benzene rings is 2. The van der Waals surface area contributed by atoms with Crippen molar-refractivity contribution in [1.82, 2.24) is 19.9 Å². The Morgan fingerprint density at radius 3 is 2.51 bits per heavy atom. The Morgan fingerprint density at radius 2 is 1.80 bits per heavy atom. The van der Waals surface area contributed by atoms with E-state index in [4.69, 9.17) is 9.72 Å². The van der Waals surface area contributed by atoms with Crippen LogP contribution in [0.15, 0.2) is 70.7 Å². The van der Waals surface area contributed by atoms with Crippen molar-refractivity contribution < 1.29 is 9.94 Å². The smallest absolute Gasteiger partial charge is 0.247 e. The molecule has 1 aliphatic carbocycles. The van der Waals surface area contributed by atoms with Gasteiger partial charge in [-0.15, -0.1) is 0 Å². The van der Waals surface area contributed by atoms with E-state index in [1.807, 2.05) is 50.5 Å². The van der Waals surface area contributed by atoms with Gasteiger partial charge in [-0.2, -0.15) is 0 Å². The zero-order chi connectivity index (χ0) is 24.4. The summed E-state index contributed by atoms with van der Waals surface area (Å²) >= 11 is 0. The summed E-state index contributed by atoms with van der Waals surface area (Å²) < 4.78 is 5.81. The second-order valence-electron chi connectivity index (χ2n) is 8.85. The number of aromatic nitrogens is 3. The number of hydrogen-bond acceptors (Lipinski definition) is 6. The molecule has 4 aromatic rings. The van der Waals surface area contributed by atoms with E-state index in [0.29, 0.717) is 12.3 Å². The second-order valence-corrected chi connectivity index (χ2v) is 8.85. The third-order valence-electron chi connectivity index (χ3n) is 6.15. The first kappa shape index (κ1) is 22.6. The van der Waals surface area contributed by atoms with Gasteiger partial charge in [-0.05, 0) is 68.9 Å². The fourth-order valence-electron chi connectivity index (χ4n) is 4.27. The monoisotopic (exact) mass is 469 g/mol. The first-order valence-corrected chi connectivity index (χ1v) is 11.5. The number of nitrogens with zero attached hydrogens (tertiary/aromatic N) is 3. The molecule has 0 aliphatic heterocycles. The fraction of sp³-hybridized carbons (Fsp3) is 0.222. The molecule has 0 fully saturated rings. The van der Waals surface area contributed by atoms with Crippen LogP contribution in [0.4, 0.5) is 0 Å². The van der Waals surface area contributed by atoms with E-state index in [2.05, 4.69) is 26.1 Å². The van der Waals surface area contributed by atoms with Gasteiger partial charge < -0.3 is 24.8 Å². The Balaban J connectivity index is 1.52. The summed E-state index contributed by atoms with van der Waals surface area (Å²) in [6, 6.07) is 17.2. The van der Waals surface area contributed by atoms with Gasteiger partial charge in [0.25, 0.3) is 0 Å². The van der Waals surface area contributed by atoms with Crippen molar-refractivity contribution in [2.45, 2.75) is 12.8 Å². The van der Waals surface area contributed by atoms with E-state index in [9.17, 15) is 10.0 Å². The molecule has 0 amide bonds. The molecule has 8 heteroatoms. The van der Waals surface area contributed by atoms with Gasteiger partial charge in [-0.1, -0.05) is 17.3 Å². The molecule has 0 radical (unpaired) electrons. The highest BCUT2D eigenvalue weighted by Crippen LogP contribution is 2.35. The summed E-state index contributed by atoms with van der Waals surface area (Å²) in [4.78, 5) is 24.9. The van der Waals surface area contributed by atoms with Crippen LogP contribution < -0.4 is 10.3 Å². The summed E-state index contributed by atoms with van der Waals surface area (Å²) in [5.74, 6) is 1.53. The third kappa shape index (κ3) is 4.74. The Bertz CT molecular complexity index is 1410. The summed E-state index contributed by atoms with van der Waals surface area (Å²) in [5, 5.41) is 12.7. The molecule has 0 spiro atoms. The number of hydrogen-bond donors (Lipinski definition) is 3. The van der Waals surface area contributed by atoms with E-state index in [0.717, 1.165) is 70.2 Å². The number of rotatable bonds is 7. The van der Waals surface area contributed by atoms with E-state index in [-0.39, 0.29) is 5.56 Å². The zero-order valence-electron chi connectivity index (χ0n) is 19.7. The number of H-pyrrole nitrogens is 2. The van der Waals surface area contributed by atoms with E-state index >= 15 is 0 Å². The Kier molecular flexibility index (Phi) is 6.20. The van der Waals surface area contributed by atoms with Crippen molar-refractivity contribution in [3.8, 4) is 39.7 Å². The lowest BCUT2D eigenvalue weighted by Gasteiger charge is -2.11. The minimum atomic E-state index is -0.163. The van der Waals surface area contributed by atoms with Crippen LogP contribution in [0.5, 0.6) is 5.75 Å². The molecule has 2 aromatic carbocycles. The first-order chi connectivity index (χ1) is 17.0. The van der Waals surface area contributed by atoms with Crippen LogP contribution in [0.1, 0.15) is 17.5 Å². The van der Waals surface area contributed by atoms with Crippen molar-refractivity contribution in [3.05, 3.63) is 82.3 Å². The Morgan fingerprint density at radius 1 is 1.03 bits per heavy atom. The van der Waals surface area contributed by atoms with Gasteiger partial charge >= 0.3 is 0 Å². The van der Waals surface area contributed by atoms with Crippen molar-refractivity contribution in [1.29, 1.82) is 0 Å². The molecule has 0 saturated heterocycles. The van der Waals surface area contributed by atoms with Crippen molar-refractivity contribution >= 4 is 5.71 Å². The van der Waals surface area contributed by atoms with Crippen LogP contribution in [0.3, 0.4) is 0 Å². The van der Waals surface area contributed by atoms with Gasteiger partial charge in [-0.3, -0.25) is 4.79 Å². The molecule has 0 bridgehead atoms. The highest BCUT2D eigenvalue weighted by atomic mass is 16.5. The molecule has 1 aliphatic rings. The number of aromatic amines is 2. The molecule has 2 heterocycles. The molecule has 8 nitrogen and oxygen atoms in total. The number of fused-ring (bicyclic) bond motifs is 1. The van der Waals surface area contributed by atoms with Gasteiger partial charge in [0.05, 0.1) is 17.1 Å². The van der Waals surface area contributed by atoms with Crippen LogP contribution in [-0.2, 0) is 6.42 Å². The third-order valence-corrected chi connectivity index (χ3v) is 6.15. The molecular weight excluding hydrogens is 442 g/mol. The molecular formula is C27H27N5O3. The Hall–Kier alpha value is -4.17. The fourth-order valence-corrected chi connectivity index (χ4v) is 4.27. The predicted molar refractivity (Wildman–Crippen MR) is 136 cm³/mol. The topological polar surface area (TPSA) is 107 Å². The lowest BCUT2D eigenvalue weighted by molar-refractivity contribution is 0.261. The average Bonchev–Trinajstić information content (AvgIpc) is 3.49. The van der Waals surface area contributed by atoms with Gasteiger partial charge in [0.1, 0.15) is 18.2 Å². The molecule has 0 unspecified atom stereocenters. The van der Waals surface area contributed by atoms with Crippen LogP contribution in [0.2, 0.25) is 0 Å². The number of likely N-dealkylation sites (N-methyl/N-ethyl adjacent to an activating group) is 1. The molecule has 5 rings (SSSR count). The van der Waals surface area contributed by atoms with Gasteiger partial charge in [-0.25, -0.2) is 4.98 Å². The molecule has 178 valence electrons. The average molecular weight is 470 g/mol. The van der Waals surface area contributed by atoms with E-state index in [1.54, 1.807) is 12.3 Å². The number of aryl methyl sites for hydroxylation is 1. The molecule has 2 aromatic heterocycles. The maximum atomic E-state index is 11.6. The Labute approximate surface area is 202 Å². The first-order valence-electron chi connectivity index (χ1n) is 11.5. The lowest BCUT2D eigenvalue weighted by atomic mass is 10.0. The van der Waals surface area contributed by atoms with Crippen LogP contribution in [0, 0.1) is 0 Å². The van der Waals surface area contributed by atoms with Gasteiger partial charge in [0, 0.05) is 41.1 Å². The second kappa shape index (κ2) is 9.60. The molecule has 0 saturated carbocycles. The summed E-state index contributed by atoms with van der Waals surface area (Å²) in [7, 11) is 4.03. The maximum Gasteiger partial charge on any atom is 0.247 e. The number of nitrogens with one attached hydrogen (secondary N) is 2.